The molecule has 5 unspecified atom stereocenters. The lowest BCUT2D eigenvalue weighted by Gasteiger charge is -2.39. The van der Waals surface area contributed by atoms with Crippen molar-refractivity contribution in [2.45, 2.75) is 50.4 Å². The van der Waals surface area contributed by atoms with Crippen molar-refractivity contribution in [2.75, 3.05) is 6.61 Å². The van der Waals surface area contributed by atoms with E-state index in [9.17, 15) is 0 Å². The van der Waals surface area contributed by atoms with Crippen LogP contribution < -0.4 is 0 Å². The summed E-state index contributed by atoms with van der Waals surface area (Å²) in [6, 6.07) is 0. The molecule has 5 atom stereocenters. The van der Waals surface area contributed by atoms with E-state index in [-0.39, 0.29) is 11.9 Å². The standard InChI is InChI=1S/C12H18O2/c1-2-9-6-8-7-12(9,4-1)14-11-10(8)3-5-13-11/h8-11H,1-7H2. The van der Waals surface area contributed by atoms with Crippen molar-refractivity contribution in [1.82, 2.24) is 0 Å². The number of ether oxygens (including phenoxy) is 2. The van der Waals surface area contributed by atoms with Gasteiger partial charge in [-0.05, 0) is 43.9 Å². The monoisotopic (exact) mass is 194 g/mol. The van der Waals surface area contributed by atoms with Gasteiger partial charge in [0.05, 0.1) is 12.2 Å². The summed E-state index contributed by atoms with van der Waals surface area (Å²) in [7, 11) is 0. The molecule has 2 saturated carbocycles. The quantitative estimate of drug-likeness (QED) is 0.589. The minimum atomic E-state index is 0.178. The van der Waals surface area contributed by atoms with Crippen LogP contribution in [0.3, 0.4) is 0 Å². The molecule has 0 aromatic rings. The Hall–Kier alpha value is -0.0800. The zero-order valence-electron chi connectivity index (χ0n) is 8.58. The molecule has 14 heavy (non-hydrogen) atoms. The zero-order chi connectivity index (χ0) is 9.17. The van der Waals surface area contributed by atoms with Crippen LogP contribution in [0.5, 0.6) is 0 Å². The molecule has 0 aromatic carbocycles. The number of hydrogen-bond acceptors (Lipinski definition) is 2. The van der Waals surface area contributed by atoms with Crippen LogP contribution in [0.1, 0.15) is 38.5 Å². The Morgan fingerprint density at radius 1 is 1.21 bits per heavy atom. The molecular formula is C12H18O2. The Labute approximate surface area is 85.0 Å². The van der Waals surface area contributed by atoms with Crippen LogP contribution in [0.4, 0.5) is 0 Å². The molecule has 0 radical (unpaired) electrons. The van der Waals surface area contributed by atoms with Gasteiger partial charge in [-0.25, -0.2) is 0 Å². The van der Waals surface area contributed by atoms with E-state index < -0.39 is 0 Å². The summed E-state index contributed by atoms with van der Waals surface area (Å²) in [5.41, 5.74) is 0.274. The molecule has 2 bridgehead atoms. The Kier molecular flexibility index (Phi) is 1.47. The first-order chi connectivity index (χ1) is 6.87. The molecule has 2 aliphatic carbocycles. The van der Waals surface area contributed by atoms with Gasteiger partial charge in [0.2, 0.25) is 0 Å². The first-order valence-corrected chi connectivity index (χ1v) is 6.17. The summed E-state index contributed by atoms with van der Waals surface area (Å²) in [4.78, 5) is 0. The molecule has 2 heterocycles. The van der Waals surface area contributed by atoms with E-state index in [1.165, 1.54) is 38.5 Å². The minimum Gasteiger partial charge on any atom is -0.352 e. The molecule has 2 saturated heterocycles. The number of hydrogen-bond donors (Lipinski definition) is 0. The Morgan fingerprint density at radius 2 is 2.21 bits per heavy atom. The normalized spacial score (nSPS) is 60.0. The van der Waals surface area contributed by atoms with E-state index in [1.54, 1.807) is 0 Å². The Bertz CT molecular complexity index is 265. The van der Waals surface area contributed by atoms with Gasteiger partial charge in [0.1, 0.15) is 0 Å². The molecule has 0 aromatic heterocycles. The predicted molar refractivity (Wildman–Crippen MR) is 51.7 cm³/mol. The third-order valence-electron chi connectivity index (χ3n) is 5.13. The lowest BCUT2D eigenvalue weighted by atomic mass is 9.84. The largest absolute Gasteiger partial charge is 0.352 e. The van der Waals surface area contributed by atoms with E-state index in [0.29, 0.717) is 0 Å². The first-order valence-electron chi connectivity index (χ1n) is 6.17. The zero-order valence-corrected chi connectivity index (χ0v) is 8.58. The van der Waals surface area contributed by atoms with Crippen LogP contribution in [-0.2, 0) is 9.47 Å². The molecule has 1 spiro atoms. The maximum Gasteiger partial charge on any atom is 0.161 e. The first kappa shape index (κ1) is 8.12. The highest BCUT2D eigenvalue weighted by Crippen LogP contribution is 2.60. The van der Waals surface area contributed by atoms with Gasteiger partial charge >= 0.3 is 0 Å². The fourth-order valence-electron chi connectivity index (χ4n) is 4.53. The van der Waals surface area contributed by atoms with Crippen LogP contribution >= 0.6 is 0 Å². The van der Waals surface area contributed by atoms with Gasteiger partial charge < -0.3 is 9.47 Å². The molecule has 0 N–H and O–H groups in total. The molecule has 2 heteroatoms. The SMILES string of the molecule is C1CC2CC3CC2(C1)OC1OCCC31. The lowest BCUT2D eigenvalue weighted by molar-refractivity contribution is -0.232. The number of rotatable bonds is 0. The molecule has 2 aliphatic heterocycles. The van der Waals surface area contributed by atoms with E-state index in [0.717, 1.165) is 24.4 Å². The van der Waals surface area contributed by atoms with E-state index in [4.69, 9.17) is 9.47 Å². The Morgan fingerprint density at radius 3 is 3.21 bits per heavy atom. The van der Waals surface area contributed by atoms with Gasteiger partial charge in [-0.2, -0.15) is 0 Å². The van der Waals surface area contributed by atoms with Crippen molar-refractivity contribution in [1.29, 1.82) is 0 Å². The maximum atomic E-state index is 6.29. The second-order valence-corrected chi connectivity index (χ2v) is 5.66. The van der Waals surface area contributed by atoms with Gasteiger partial charge in [-0.15, -0.1) is 0 Å². The van der Waals surface area contributed by atoms with E-state index in [1.807, 2.05) is 0 Å². The summed E-state index contributed by atoms with van der Waals surface area (Å²) >= 11 is 0. The molecular weight excluding hydrogens is 176 g/mol. The third kappa shape index (κ3) is 0.849. The lowest BCUT2D eigenvalue weighted by Crippen LogP contribution is -2.43. The number of fused-ring (bicyclic) bond motifs is 3. The van der Waals surface area contributed by atoms with E-state index in [2.05, 4.69) is 0 Å². The summed E-state index contributed by atoms with van der Waals surface area (Å²) in [5.74, 6) is 2.55. The Balaban J connectivity index is 1.71. The van der Waals surface area contributed by atoms with Crippen LogP contribution in [0.15, 0.2) is 0 Å². The van der Waals surface area contributed by atoms with Gasteiger partial charge in [-0.3, -0.25) is 0 Å². The molecule has 0 amide bonds. The topological polar surface area (TPSA) is 18.5 Å². The van der Waals surface area contributed by atoms with Gasteiger partial charge in [-0.1, -0.05) is 6.42 Å². The van der Waals surface area contributed by atoms with Crippen LogP contribution in [0.25, 0.3) is 0 Å². The van der Waals surface area contributed by atoms with Gasteiger partial charge in [0, 0.05) is 5.92 Å². The molecule has 4 fully saturated rings. The van der Waals surface area contributed by atoms with Crippen molar-refractivity contribution in [3.63, 3.8) is 0 Å². The average molecular weight is 194 g/mol. The highest BCUT2D eigenvalue weighted by atomic mass is 16.7. The predicted octanol–water partition coefficient (Wildman–Crippen LogP) is 2.33. The van der Waals surface area contributed by atoms with Crippen LogP contribution in [0, 0.1) is 17.8 Å². The fraction of sp³-hybridized carbons (Fsp3) is 1.00. The van der Waals surface area contributed by atoms with Crippen molar-refractivity contribution < 1.29 is 9.47 Å². The van der Waals surface area contributed by atoms with Crippen molar-refractivity contribution in [3.8, 4) is 0 Å². The summed E-state index contributed by atoms with van der Waals surface area (Å²) < 4.78 is 12.0. The molecule has 2 nitrogen and oxygen atoms in total. The van der Waals surface area contributed by atoms with Crippen molar-refractivity contribution in [2.24, 2.45) is 17.8 Å². The van der Waals surface area contributed by atoms with Crippen LogP contribution in [0.2, 0.25) is 0 Å². The van der Waals surface area contributed by atoms with Crippen LogP contribution in [-0.4, -0.2) is 18.5 Å². The van der Waals surface area contributed by atoms with E-state index >= 15 is 0 Å². The average Bonchev–Trinajstić information content (AvgIpc) is 2.78. The molecule has 78 valence electrons. The summed E-state index contributed by atoms with van der Waals surface area (Å²) in [5, 5.41) is 0. The summed E-state index contributed by atoms with van der Waals surface area (Å²) in [6.07, 6.45) is 8.31. The summed E-state index contributed by atoms with van der Waals surface area (Å²) in [6.45, 7) is 0.937. The smallest absolute Gasteiger partial charge is 0.161 e. The maximum absolute atomic E-state index is 6.29. The fourth-order valence-corrected chi connectivity index (χ4v) is 4.53. The van der Waals surface area contributed by atoms with Gasteiger partial charge in [0.25, 0.3) is 0 Å². The second-order valence-electron chi connectivity index (χ2n) is 5.66. The second kappa shape index (κ2) is 2.53. The minimum absolute atomic E-state index is 0.178. The van der Waals surface area contributed by atoms with Gasteiger partial charge in [0.15, 0.2) is 6.29 Å². The molecule has 4 aliphatic rings. The highest BCUT2D eigenvalue weighted by molar-refractivity contribution is 5.07. The molecule has 4 rings (SSSR count). The highest BCUT2D eigenvalue weighted by Gasteiger charge is 2.59. The third-order valence-corrected chi connectivity index (χ3v) is 5.13. The van der Waals surface area contributed by atoms with Crippen molar-refractivity contribution in [3.05, 3.63) is 0 Å². The van der Waals surface area contributed by atoms with Crippen molar-refractivity contribution >= 4 is 0 Å².